The van der Waals surface area contributed by atoms with Crippen LogP contribution in [0.2, 0.25) is 0 Å². The Morgan fingerprint density at radius 2 is 1.96 bits per heavy atom. The molecule has 0 aromatic heterocycles. The monoisotopic (exact) mass is 393 g/mol. The average Bonchev–Trinajstić information content (AvgIpc) is 3.10. The van der Waals surface area contributed by atoms with E-state index < -0.39 is 0 Å². The normalized spacial score (nSPS) is 19.2. The number of nitrogens with one attached hydrogen (secondary N) is 2. The van der Waals surface area contributed by atoms with Gasteiger partial charge in [0.1, 0.15) is 5.75 Å². The zero-order chi connectivity index (χ0) is 19.8. The lowest BCUT2D eigenvalue weighted by molar-refractivity contribution is -0.124. The van der Waals surface area contributed by atoms with Crippen LogP contribution in [-0.4, -0.2) is 62.4 Å². The van der Waals surface area contributed by atoms with Gasteiger partial charge in [-0.1, -0.05) is 12.1 Å². The van der Waals surface area contributed by atoms with Crippen molar-refractivity contribution >= 4 is 23.2 Å². The molecule has 1 aliphatic rings. The predicted octanol–water partition coefficient (Wildman–Crippen LogP) is 2.15. The number of carbonyl (C=O) groups is 1. The Morgan fingerprint density at radius 1 is 1.26 bits per heavy atom. The Kier molecular flexibility index (Phi) is 8.31. The molecule has 1 saturated heterocycles. The van der Waals surface area contributed by atoms with E-state index in [1.54, 1.807) is 14.2 Å². The van der Waals surface area contributed by atoms with Crippen LogP contribution in [0.15, 0.2) is 24.3 Å². The number of methoxy groups -OCH3 is 2. The maximum absolute atomic E-state index is 12.8. The van der Waals surface area contributed by atoms with Crippen molar-refractivity contribution in [2.45, 2.75) is 32.2 Å². The molecule has 1 aromatic carbocycles. The van der Waals surface area contributed by atoms with Crippen LogP contribution in [0.1, 0.15) is 31.7 Å². The molecule has 1 heterocycles. The van der Waals surface area contributed by atoms with E-state index in [1.807, 2.05) is 24.3 Å². The maximum Gasteiger partial charge on any atom is 0.225 e. The number of rotatable bonds is 8. The topological polar surface area (TPSA) is 62.8 Å². The van der Waals surface area contributed by atoms with Gasteiger partial charge in [0.2, 0.25) is 5.91 Å². The standard InChI is InChI=1S/C20H31N3O3S/c1-14(2)22-20(27)23-12-17(15-6-8-16(26-4)9-7-15)18(13-23)19(24)21-10-5-11-25-3/h6-9,14,17-18H,5,10-13H2,1-4H3,(H,21,24)(H,22,27)/t17-,18+/m1/s1. The summed E-state index contributed by atoms with van der Waals surface area (Å²) in [5, 5.41) is 7.04. The number of amides is 1. The number of nitrogens with zero attached hydrogens (tertiary/aromatic N) is 1. The van der Waals surface area contributed by atoms with Gasteiger partial charge >= 0.3 is 0 Å². The van der Waals surface area contributed by atoms with Crippen molar-refractivity contribution in [1.29, 1.82) is 0 Å². The lowest BCUT2D eigenvalue weighted by atomic mass is 9.88. The smallest absolute Gasteiger partial charge is 0.225 e. The summed E-state index contributed by atoms with van der Waals surface area (Å²) >= 11 is 5.54. The van der Waals surface area contributed by atoms with Crippen LogP contribution < -0.4 is 15.4 Å². The quantitative estimate of drug-likeness (QED) is 0.521. The summed E-state index contributed by atoms with van der Waals surface area (Å²) in [6.07, 6.45) is 0.805. The van der Waals surface area contributed by atoms with Crippen LogP contribution >= 0.6 is 12.2 Å². The zero-order valence-corrected chi connectivity index (χ0v) is 17.5. The molecule has 0 spiro atoms. The molecule has 0 unspecified atom stereocenters. The van der Waals surface area contributed by atoms with E-state index in [1.165, 1.54) is 0 Å². The van der Waals surface area contributed by atoms with Crippen molar-refractivity contribution in [3.63, 3.8) is 0 Å². The molecule has 7 heteroatoms. The van der Waals surface area contributed by atoms with Crippen LogP contribution in [0, 0.1) is 5.92 Å². The van der Waals surface area contributed by atoms with Gasteiger partial charge in [0.05, 0.1) is 13.0 Å². The number of carbonyl (C=O) groups excluding carboxylic acids is 1. The van der Waals surface area contributed by atoms with Crippen molar-refractivity contribution in [2.75, 3.05) is 40.5 Å². The molecule has 2 N–H and O–H groups in total. The minimum Gasteiger partial charge on any atom is -0.497 e. The summed E-state index contributed by atoms with van der Waals surface area (Å²) in [4.78, 5) is 14.9. The molecular weight excluding hydrogens is 362 g/mol. The molecule has 2 rings (SSSR count). The lowest BCUT2D eigenvalue weighted by Gasteiger charge is -2.22. The molecule has 1 aliphatic heterocycles. The van der Waals surface area contributed by atoms with E-state index in [9.17, 15) is 4.79 Å². The first-order chi connectivity index (χ1) is 13.0. The third-order valence-electron chi connectivity index (χ3n) is 4.72. The Balaban J connectivity index is 2.12. The largest absolute Gasteiger partial charge is 0.497 e. The number of benzene rings is 1. The highest BCUT2D eigenvalue weighted by molar-refractivity contribution is 7.80. The van der Waals surface area contributed by atoms with Gasteiger partial charge in [-0.2, -0.15) is 0 Å². The Labute approximate surface area is 167 Å². The Bertz CT molecular complexity index is 621. The minimum atomic E-state index is -0.146. The second kappa shape index (κ2) is 10.5. The molecule has 27 heavy (non-hydrogen) atoms. The molecule has 150 valence electrons. The summed E-state index contributed by atoms with van der Waals surface area (Å²) in [5.41, 5.74) is 1.13. The molecule has 2 atom stereocenters. The van der Waals surface area contributed by atoms with Gasteiger partial charge in [-0.25, -0.2) is 0 Å². The van der Waals surface area contributed by atoms with Crippen LogP contribution in [0.5, 0.6) is 5.75 Å². The van der Waals surface area contributed by atoms with E-state index in [0.717, 1.165) is 24.3 Å². The second-order valence-electron chi connectivity index (χ2n) is 7.13. The molecule has 1 amide bonds. The van der Waals surface area contributed by atoms with E-state index in [2.05, 4.69) is 29.4 Å². The molecule has 1 aromatic rings. The molecule has 6 nitrogen and oxygen atoms in total. The van der Waals surface area contributed by atoms with E-state index in [4.69, 9.17) is 21.7 Å². The summed E-state index contributed by atoms with van der Waals surface area (Å²) in [6, 6.07) is 8.22. The average molecular weight is 394 g/mol. The highest BCUT2D eigenvalue weighted by Gasteiger charge is 2.39. The molecule has 0 radical (unpaired) electrons. The third-order valence-corrected chi connectivity index (χ3v) is 5.10. The summed E-state index contributed by atoms with van der Waals surface area (Å²) < 4.78 is 10.3. The first kappa shape index (κ1) is 21.4. The molecule has 0 saturated carbocycles. The van der Waals surface area contributed by atoms with Gasteiger partial charge in [-0.3, -0.25) is 4.79 Å². The van der Waals surface area contributed by atoms with Gasteiger partial charge in [-0.05, 0) is 50.2 Å². The summed E-state index contributed by atoms with van der Waals surface area (Å²) in [6.45, 7) is 6.72. The van der Waals surface area contributed by atoms with Crippen LogP contribution in [-0.2, 0) is 9.53 Å². The third kappa shape index (κ3) is 6.07. The van der Waals surface area contributed by atoms with Crippen molar-refractivity contribution in [2.24, 2.45) is 5.92 Å². The molecule has 0 bridgehead atoms. The Morgan fingerprint density at radius 3 is 2.56 bits per heavy atom. The lowest BCUT2D eigenvalue weighted by Crippen LogP contribution is -2.42. The van der Waals surface area contributed by atoms with Crippen LogP contribution in [0.25, 0.3) is 0 Å². The minimum absolute atomic E-state index is 0.0711. The van der Waals surface area contributed by atoms with E-state index >= 15 is 0 Å². The van der Waals surface area contributed by atoms with E-state index in [-0.39, 0.29) is 23.8 Å². The molecular formula is C20H31N3O3S. The van der Waals surface area contributed by atoms with Gasteiger partial charge in [0.15, 0.2) is 5.11 Å². The summed E-state index contributed by atoms with van der Waals surface area (Å²) in [5.74, 6) is 0.825. The summed E-state index contributed by atoms with van der Waals surface area (Å²) in [7, 11) is 3.32. The van der Waals surface area contributed by atoms with Gasteiger partial charge in [-0.15, -0.1) is 0 Å². The Hall–Kier alpha value is -1.86. The SMILES string of the molecule is COCCCNC(=O)[C@H]1CN(C(=S)NC(C)C)C[C@@H]1c1ccc(OC)cc1. The number of ether oxygens (including phenoxy) is 2. The molecule has 1 fully saturated rings. The van der Waals surface area contributed by atoms with Crippen LogP contribution in [0.3, 0.4) is 0 Å². The highest BCUT2D eigenvalue weighted by atomic mass is 32.1. The number of hydrogen-bond donors (Lipinski definition) is 2. The number of hydrogen-bond acceptors (Lipinski definition) is 4. The zero-order valence-electron chi connectivity index (χ0n) is 16.7. The van der Waals surface area contributed by atoms with E-state index in [0.29, 0.717) is 24.8 Å². The van der Waals surface area contributed by atoms with Gasteiger partial charge < -0.3 is 25.0 Å². The van der Waals surface area contributed by atoms with Crippen LogP contribution in [0.4, 0.5) is 0 Å². The fourth-order valence-corrected chi connectivity index (χ4v) is 3.71. The molecule has 0 aliphatic carbocycles. The second-order valence-corrected chi connectivity index (χ2v) is 7.52. The fourth-order valence-electron chi connectivity index (χ4n) is 3.32. The highest BCUT2D eigenvalue weighted by Crippen LogP contribution is 2.34. The predicted molar refractivity (Wildman–Crippen MR) is 111 cm³/mol. The van der Waals surface area contributed by atoms with Crippen molar-refractivity contribution < 1.29 is 14.3 Å². The number of thiocarbonyl (C=S) groups is 1. The first-order valence-electron chi connectivity index (χ1n) is 9.42. The van der Waals surface area contributed by atoms with Crippen molar-refractivity contribution in [3.8, 4) is 5.75 Å². The maximum atomic E-state index is 12.8. The van der Waals surface area contributed by atoms with Crippen molar-refractivity contribution in [3.05, 3.63) is 29.8 Å². The van der Waals surface area contributed by atoms with Crippen molar-refractivity contribution in [1.82, 2.24) is 15.5 Å². The van der Waals surface area contributed by atoms with Gasteiger partial charge in [0, 0.05) is 45.3 Å². The fraction of sp³-hybridized carbons (Fsp3) is 0.600. The van der Waals surface area contributed by atoms with Gasteiger partial charge in [0.25, 0.3) is 0 Å². The first-order valence-corrected chi connectivity index (χ1v) is 9.83. The number of likely N-dealkylation sites (tertiary alicyclic amines) is 1.